The van der Waals surface area contributed by atoms with E-state index in [1.165, 1.54) is 4.31 Å². The fraction of sp³-hybridized carbons (Fsp3) is 1.00. The maximum absolute atomic E-state index is 11.9. The maximum Gasteiger partial charge on any atom is 0.214 e. The Hall–Kier alpha value is -0.170. The van der Waals surface area contributed by atoms with Gasteiger partial charge in [0.2, 0.25) is 10.0 Å². The van der Waals surface area contributed by atoms with Gasteiger partial charge in [0.1, 0.15) is 0 Å². The van der Waals surface area contributed by atoms with Crippen molar-refractivity contribution in [2.75, 3.05) is 39.1 Å². The topological polar surface area (TPSA) is 72.6 Å². The monoisotopic (exact) mass is 252 g/mol. The van der Waals surface area contributed by atoms with Gasteiger partial charge in [-0.2, -0.15) is 4.31 Å². The lowest BCUT2D eigenvalue weighted by Crippen LogP contribution is -2.38. The second-order valence-electron chi connectivity index (χ2n) is 4.20. The van der Waals surface area contributed by atoms with Crippen LogP contribution in [0.5, 0.6) is 0 Å². The van der Waals surface area contributed by atoms with E-state index in [1.54, 1.807) is 7.11 Å². The number of rotatable bonds is 9. The molecule has 0 radical (unpaired) electrons. The number of nitrogens with two attached hydrogens (primary N) is 1. The van der Waals surface area contributed by atoms with E-state index < -0.39 is 10.0 Å². The Labute approximate surface area is 99.0 Å². The fourth-order valence-corrected chi connectivity index (χ4v) is 3.01. The molecule has 0 aromatic carbocycles. The Morgan fingerprint density at radius 3 is 2.44 bits per heavy atom. The fourth-order valence-electron chi connectivity index (χ4n) is 1.34. The third kappa shape index (κ3) is 6.42. The first-order valence-corrected chi connectivity index (χ1v) is 7.21. The quantitative estimate of drug-likeness (QED) is 0.639. The highest BCUT2D eigenvalue weighted by Gasteiger charge is 2.21. The third-order valence-corrected chi connectivity index (χ3v) is 4.04. The average molecular weight is 252 g/mol. The molecule has 0 aliphatic carbocycles. The molecule has 98 valence electrons. The zero-order valence-electron chi connectivity index (χ0n) is 10.5. The largest absolute Gasteiger partial charge is 0.383 e. The van der Waals surface area contributed by atoms with E-state index in [0.717, 1.165) is 0 Å². The summed E-state index contributed by atoms with van der Waals surface area (Å²) in [7, 11) is -1.61. The number of hydrogen-bond acceptors (Lipinski definition) is 4. The number of methoxy groups -OCH3 is 1. The van der Waals surface area contributed by atoms with Crippen molar-refractivity contribution in [3.63, 3.8) is 0 Å². The number of hydrogen-bond donors (Lipinski definition) is 1. The molecule has 0 aliphatic heterocycles. The Balaban J connectivity index is 4.46. The smallest absolute Gasteiger partial charge is 0.214 e. The van der Waals surface area contributed by atoms with Crippen LogP contribution in [0.4, 0.5) is 0 Å². The summed E-state index contributed by atoms with van der Waals surface area (Å²) in [6.45, 7) is 5.78. The Morgan fingerprint density at radius 2 is 2.00 bits per heavy atom. The number of sulfonamides is 1. The molecule has 0 aliphatic rings. The van der Waals surface area contributed by atoms with Gasteiger partial charge in [-0.25, -0.2) is 8.42 Å². The molecule has 0 heterocycles. The summed E-state index contributed by atoms with van der Waals surface area (Å²) in [6, 6.07) is 0. The predicted molar refractivity (Wildman–Crippen MR) is 65.7 cm³/mol. The van der Waals surface area contributed by atoms with Gasteiger partial charge < -0.3 is 10.5 Å². The van der Waals surface area contributed by atoms with E-state index in [4.69, 9.17) is 10.5 Å². The average Bonchev–Trinajstić information content (AvgIpc) is 2.20. The summed E-state index contributed by atoms with van der Waals surface area (Å²) >= 11 is 0. The lowest BCUT2D eigenvalue weighted by molar-refractivity contribution is 0.175. The minimum atomic E-state index is -3.18. The summed E-state index contributed by atoms with van der Waals surface area (Å²) in [6.07, 6.45) is 0.504. The van der Waals surface area contributed by atoms with Crippen LogP contribution in [0.25, 0.3) is 0 Å². The first-order chi connectivity index (χ1) is 7.44. The molecule has 0 saturated heterocycles. The summed E-state index contributed by atoms with van der Waals surface area (Å²) in [5.41, 5.74) is 5.33. The first kappa shape index (κ1) is 15.8. The molecular weight excluding hydrogens is 228 g/mol. The predicted octanol–water partition coefficient (Wildman–Crippen LogP) is 0.269. The van der Waals surface area contributed by atoms with Gasteiger partial charge in [0.25, 0.3) is 0 Å². The van der Waals surface area contributed by atoms with Crippen LogP contribution < -0.4 is 5.73 Å². The lowest BCUT2D eigenvalue weighted by atomic mass is 10.2. The molecule has 0 atom stereocenters. The second kappa shape index (κ2) is 8.00. The maximum atomic E-state index is 11.9. The molecule has 0 aromatic heterocycles. The molecule has 0 fully saturated rings. The summed E-state index contributed by atoms with van der Waals surface area (Å²) in [5, 5.41) is 0. The molecule has 0 saturated carbocycles. The van der Waals surface area contributed by atoms with Crippen molar-refractivity contribution in [2.45, 2.75) is 20.3 Å². The van der Waals surface area contributed by atoms with E-state index in [9.17, 15) is 8.42 Å². The van der Waals surface area contributed by atoms with Gasteiger partial charge in [-0.1, -0.05) is 13.8 Å². The molecule has 0 unspecified atom stereocenters. The molecule has 16 heavy (non-hydrogen) atoms. The molecule has 0 rings (SSSR count). The molecule has 6 heteroatoms. The van der Waals surface area contributed by atoms with Crippen LogP contribution in [0.1, 0.15) is 20.3 Å². The van der Waals surface area contributed by atoms with Crippen molar-refractivity contribution in [3.05, 3.63) is 0 Å². The van der Waals surface area contributed by atoms with Gasteiger partial charge in [-0.05, 0) is 18.9 Å². The van der Waals surface area contributed by atoms with Crippen LogP contribution in [0.2, 0.25) is 0 Å². The van der Waals surface area contributed by atoms with Gasteiger partial charge in [-0.15, -0.1) is 0 Å². The first-order valence-electron chi connectivity index (χ1n) is 5.61. The van der Waals surface area contributed by atoms with Crippen LogP contribution in [-0.4, -0.2) is 51.8 Å². The van der Waals surface area contributed by atoms with Crippen LogP contribution in [0.15, 0.2) is 0 Å². The zero-order valence-corrected chi connectivity index (χ0v) is 11.3. The van der Waals surface area contributed by atoms with Gasteiger partial charge in [0, 0.05) is 20.2 Å². The van der Waals surface area contributed by atoms with E-state index >= 15 is 0 Å². The van der Waals surface area contributed by atoms with Crippen molar-refractivity contribution in [1.29, 1.82) is 0 Å². The minimum absolute atomic E-state index is 0.125. The van der Waals surface area contributed by atoms with Crippen molar-refractivity contribution in [3.8, 4) is 0 Å². The van der Waals surface area contributed by atoms with E-state index in [2.05, 4.69) is 0 Å². The van der Waals surface area contributed by atoms with Crippen molar-refractivity contribution < 1.29 is 13.2 Å². The highest BCUT2D eigenvalue weighted by atomic mass is 32.2. The zero-order chi connectivity index (χ0) is 12.6. The van der Waals surface area contributed by atoms with Gasteiger partial charge >= 0.3 is 0 Å². The SMILES string of the molecule is COCCN(CC(C)C)S(=O)(=O)CCCN. The Kier molecular flexibility index (Phi) is 7.91. The van der Waals surface area contributed by atoms with E-state index in [-0.39, 0.29) is 5.75 Å². The molecule has 5 nitrogen and oxygen atoms in total. The number of nitrogens with zero attached hydrogens (tertiary/aromatic N) is 1. The number of ether oxygens (including phenoxy) is 1. The van der Waals surface area contributed by atoms with Gasteiger partial charge in [0.15, 0.2) is 0 Å². The van der Waals surface area contributed by atoms with Crippen molar-refractivity contribution in [1.82, 2.24) is 4.31 Å². The Bertz CT molecular complexity index is 265. The summed E-state index contributed by atoms with van der Waals surface area (Å²) in [4.78, 5) is 0. The standard InChI is InChI=1S/C10H24N2O3S/c1-10(2)9-12(6-7-15-3)16(13,14)8-4-5-11/h10H,4-9,11H2,1-3H3. The molecule has 2 N–H and O–H groups in total. The van der Waals surface area contributed by atoms with Crippen molar-refractivity contribution in [2.24, 2.45) is 11.7 Å². The molecule has 0 aromatic rings. The van der Waals surface area contributed by atoms with E-state index in [1.807, 2.05) is 13.8 Å². The highest BCUT2D eigenvalue weighted by molar-refractivity contribution is 7.89. The minimum Gasteiger partial charge on any atom is -0.383 e. The second-order valence-corrected chi connectivity index (χ2v) is 6.29. The lowest BCUT2D eigenvalue weighted by Gasteiger charge is -2.23. The third-order valence-electron chi connectivity index (χ3n) is 2.11. The molecule has 0 amide bonds. The highest BCUT2D eigenvalue weighted by Crippen LogP contribution is 2.07. The van der Waals surface area contributed by atoms with Crippen molar-refractivity contribution >= 4 is 10.0 Å². The molecule has 0 spiro atoms. The summed E-state index contributed by atoms with van der Waals surface area (Å²) < 4.78 is 30.3. The normalized spacial score (nSPS) is 12.6. The summed E-state index contributed by atoms with van der Waals surface area (Å²) in [5.74, 6) is 0.435. The van der Waals surface area contributed by atoms with E-state index in [0.29, 0.717) is 38.6 Å². The van der Waals surface area contributed by atoms with Gasteiger partial charge in [-0.3, -0.25) is 0 Å². The van der Waals surface area contributed by atoms with Gasteiger partial charge in [0.05, 0.1) is 12.4 Å². The van der Waals surface area contributed by atoms with Crippen LogP contribution in [0.3, 0.4) is 0 Å². The Morgan fingerprint density at radius 1 is 1.38 bits per heavy atom. The molecular formula is C10H24N2O3S. The van der Waals surface area contributed by atoms with Crippen LogP contribution in [0, 0.1) is 5.92 Å². The van der Waals surface area contributed by atoms with Crippen LogP contribution >= 0.6 is 0 Å². The van der Waals surface area contributed by atoms with Crippen LogP contribution in [-0.2, 0) is 14.8 Å². The molecule has 0 bridgehead atoms.